The number of rotatable bonds is 0. The SMILES string of the molecule is Cc1nnn2ccsc12. The predicted molar refractivity (Wildman–Crippen MR) is 35.6 cm³/mol. The lowest BCUT2D eigenvalue weighted by Gasteiger charge is -1.73. The lowest BCUT2D eigenvalue weighted by Crippen LogP contribution is -1.77. The molecule has 0 saturated heterocycles. The molecular weight excluding hydrogens is 134 g/mol. The van der Waals surface area contributed by atoms with Gasteiger partial charge in [-0.3, -0.25) is 0 Å². The third kappa shape index (κ3) is 0.564. The first-order chi connectivity index (χ1) is 4.38. The van der Waals surface area contributed by atoms with Gasteiger partial charge < -0.3 is 0 Å². The standard InChI is InChI=1S/C5H5N3S/c1-4-5-8(7-6-4)2-3-9-5/h2-3H,1H3. The summed E-state index contributed by atoms with van der Waals surface area (Å²) in [4.78, 5) is 1.13. The van der Waals surface area contributed by atoms with Crippen molar-refractivity contribution in [3.05, 3.63) is 17.3 Å². The second-order valence-electron chi connectivity index (χ2n) is 1.83. The molecule has 0 saturated carbocycles. The van der Waals surface area contributed by atoms with Crippen LogP contribution >= 0.6 is 11.3 Å². The topological polar surface area (TPSA) is 30.2 Å². The molecule has 0 atom stereocenters. The summed E-state index contributed by atoms with van der Waals surface area (Å²) in [6.45, 7) is 1.96. The van der Waals surface area contributed by atoms with Crippen molar-refractivity contribution >= 4 is 16.2 Å². The second-order valence-corrected chi connectivity index (χ2v) is 2.72. The Balaban J connectivity index is 2.99. The molecule has 2 aromatic heterocycles. The van der Waals surface area contributed by atoms with Gasteiger partial charge in [0.1, 0.15) is 4.83 Å². The minimum Gasteiger partial charge on any atom is -0.210 e. The van der Waals surface area contributed by atoms with Crippen molar-refractivity contribution in [3.8, 4) is 0 Å². The average molecular weight is 139 g/mol. The van der Waals surface area contributed by atoms with E-state index in [2.05, 4.69) is 10.3 Å². The van der Waals surface area contributed by atoms with Crippen LogP contribution in [0, 0.1) is 6.92 Å². The summed E-state index contributed by atoms with van der Waals surface area (Å²) in [5, 5.41) is 9.73. The molecule has 3 nitrogen and oxygen atoms in total. The van der Waals surface area contributed by atoms with Crippen molar-refractivity contribution in [1.29, 1.82) is 0 Å². The summed E-state index contributed by atoms with van der Waals surface area (Å²) in [5.74, 6) is 0. The van der Waals surface area contributed by atoms with Gasteiger partial charge in [-0.2, -0.15) is 0 Å². The molecule has 0 fully saturated rings. The maximum Gasteiger partial charge on any atom is 0.142 e. The fourth-order valence-corrected chi connectivity index (χ4v) is 1.48. The van der Waals surface area contributed by atoms with Gasteiger partial charge in [0.15, 0.2) is 0 Å². The third-order valence-corrected chi connectivity index (χ3v) is 2.15. The number of nitrogens with zero attached hydrogens (tertiary/aromatic N) is 3. The lowest BCUT2D eigenvalue weighted by atomic mass is 10.6. The fraction of sp³-hybridized carbons (Fsp3) is 0.200. The minimum absolute atomic E-state index is 1.00. The van der Waals surface area contributed by atoms with Gasteiger partial charge in [-0.05, 0) is 6.92 Å². The molecule has 2 heterocycles. The Morgan fingerprint density at radius 2 is 2.56 bits per heavy atom. The van der Waals surface area contributed by atoms with Gasteiger partial charge in [0.05, 0.1) is 5.69 Å². The van der Waals surface area contributed by atoms with Crippen LogP contribution in [0.1, 0.15) is 5.69 Å². The molecule has 9 heavy (non-hydrogen) atoms. The molecule has 0 aliphatic rings. The van der Waals surface area contributed by atoms with Crippen LogP contribution in [-0.2, 0) is 0 Å². The smallest absolute Gasteiger partial charge is 0.142 e. The monoisotopic (exact) mass is 139 g/mol. The summed E-state index contributed by atoms with van der Waals surface area (Å²) in [6.07, 6.45) is 1.90. The maximum atomic E-state index is 3.88. The Kier molecular flexibility index (Phi) is 0.843. The van der Waals surface area contributed by atoms with Crippen molar-refractivity contribution < 1.29 is 0 Å². The van der Waals surface area contributed by atoms with E-state index in [0.717, 1.165) is 10.5 Å². The molecule has 0 aromatic carbocycles. The van der Waals surface area contributed by atoms with E-state index in [0.29, 0.717) is 0 Å². The highest BCUT2D eigenvalue weighted by Gasteiger charge is 1.98. The van der Waals surface area contributed by atoms with Crippen molar-refractivity contribution in [3.63, 3.8) is 0 Å². The van der Waals surface area contributed by atoms with Gasteiger partial charge in [0.2, 0.25) is 0 Å². The van der Waals surface area contributed by atoms with Crippen LogP contribution in [0.3, 0.4) is 0 Å². The molecule has 0 aliphatic carbocycles. The summed E-state index contributed by atoms with van der Waals surface area (Å²) in [5.41, 5.74) is 1.00. The Hall–Kier alpha value is -0.900. The van der Waals surface area contributed by atoms with E-state index in [9.17, 15) is 0 Å². The van der Waals surface area contributed by atoms with Crippen LogP contribution in [0.4, 0.5) is 0 Å². The van der Waals surface area contributed by atoms with E-state index >= 15 is 0 Å². The van der Waals surface area contributed by atoms with Gasteiger partial charge in [0, 0.05) is 11.6 Å². The molecule has 0 aliphatic heterocycles. The van der Waals surface area contributed by atoms with Gasteiger partial charge in [-0.25, -0.2) is 4.52 Å². The molecule has 0 radical (unpaired) electrons. The van der Waals surface area contributed by atoms with Crippen molar-refractivity contribution in [1.82, 2.24) is 14.8 Å². The van der Waals surface area contributed by atoms with E-state index in [4.69, 9.17) is 0 Å². The largest absolute Gasteiger partial charge is 0.210 e. The summed E-state index contributed by atoms with van der Waals surface area (Å²) >= 11 is 1.66. The quantitative estimate of drug-likeness (QED) is 0.547. The molecule has 0 unspecified atom stereocenters. The molecule has 0 spiro atoms. The molecule has 46 valence electrons. The van der Waals surface area contributed by atoms with Crippen LogP contribution in [0.25, 0.3) is 4.83 Å². The minimum atomic E-state index is 1.00. The van der Waals surface area contributed by atoms with Crippen molar-refractivity contribution in [2.45, 2.75) is 6.92 Å². The van der Waals surface area contributed by atoms with E-state index < -0.39 is 0 Å². The Morgan fingerprint density at radius 1 is 1.67 bits per heavy atom. The highest BCUT2D eigenvalue weighted by Crippen LogP contribution is 2.11. The van der Waals surface area contributed by atoms with Crippen molar-refractivity contribution in [2.75, 3.05) is 0 Å². The van der Waals surface area contributed by atoms with Crippen LogP contribution in [-0.4, -0.2) is 14.8 Å². The van der Waals surface area contributed by atoms with Crippen LogP contribution < -0.4 is 0 Å². The zero-order chi connectivity index (χ0) is 6.27. The number of fused-ring (bicyclic) bond motifs is 1. The number of aromatic nitrogens is 3. The number of hydrogen-bond acceptors (Lipinski definition) is 3. The molecular formula is C5H5N3S. The van der Waals surface area contributed by atoms with E-state index in [1.54, 1.807) is 15.9 Å². The molecule has 0 N–H and O–H groups in total. The van der Waals surface area contributed by atoms with E-state index in [1.807, 2.05) is 18.5 Å². The predicted octanol–water partition coefficient (Wildman–Crippen LogP) is 1.10. The summed E-state index contributed by atoms with van der Waals surface area (Å²) in [7, 11) is 0. The van der Waals surface area contributed by atoms with E-state index in [1.165, 1.54) is 0 Å². The summed E-state index contributed by atoms with van der Waals surface area (Å²) in [6, 6.07) is 0. The number of hydrogen-bond donors (Lipinski definition) is 0. The fourth-order valence-electron chi connectivity index (χ4n) is 0.754. The molecule has 2 aromatic rings. The average Bonchev–Trinajstić information content (AvgIpc) is 2.35. The lowest BCUT2D eigenvalue weighted by molar-refractivity contribution is 0.855. The van der Waals surface area contributed by atoms with Gasteiger partial charge in [-0.1, -0.05) is 5.21 Å². The molecule has 4 heteroatoms. The highest BCUT2D eigenvalue weighted by molar-refractivity contribution is 7.15. The van der Waals surface area contributed by atoms with Crippen LogP contribution in [0.2, 0.25) is 0 Å². The second kappa shape index (κ2) is 1.54. The zero-order valence-corrected chi connectivity index (χ0v) is 5.72. The summed E-state index contributed by atoms with van der Waals surface area (Å²) < 4.78 is 1.78. The highest BCUT2D eigenvalue weighted by atomic mass is 32.1. The first-order valence-corrected chi connectivity index (χ1v) is 3.51. The number of aryl methyl sites for hydroxylation is 1. The van der Waals surface area contributed by atoms with Gasteiger partial charge >= 0.3 is 0 Å². The van der Waals surface area contributed by atoms with Gasteiger partial charge in [0.25, 0.3) is 0 Å². The Bertz CT molecular complexity index is 321. The first-order valence-electron chi connectivity index (χ1n) is 2.63. The molecule has 0 bridgehead atoms. The third-order valence-electron chi connectivity index (χ3n) is 1.19. The van der Waals surface area contributed by atoms with Gasteiger partial charge in [-0.15, -0.1) is 16.4 Å². The Labute approximate surface area is 55.9 Å². The number of thiazole rings is 1. The normalized spacial score (nSPS) is 10.8. The molecule has 2 rings (SSSR count). The van der Waals surface area contributed by atoms with Crippen LogP contribution in [0.15, 0.2) is 11.6 Å². The first kappa shape index (κ1) is 4.93. The Morgan fingerprint density at radius 3 is 3.33 bits per heavy atom. The van der Waals surface area contributed by atoms with E-state index in [-0.39, 0.29) is 0 Å². The molecule has 0 amide bonds. The van der Waals surface area contributed by atoms with Crippen LogP contribution in [0.5, 0.6) is 0 Å². The van der Waals surface area contributed by atoms with Crippen molar-refractivity contribution in [2.24, 2.45) is 0 Å². The zero-order valence-electron chi connectivity index (χ0n) is 4.90. The maximum absolute atomic E-state index is 3.88.